The molecule has 0 amide bonds. The van der Waals surface area contributed by atoms with E-state index in [4.69, 9.17) is 5.73 Å². The van der Waals surface area contributed by atoms with Crippen molar-refractivity contribution >= 4 is 11.5 Å². The molecule has 0 aromatic carbocycles. The number of H-pyrrole nitrogens is 1. The van der Waals surface area contributed by atoms with Gasteiger partial charge in [-0.3, -0.25) is 5.10 Å². The molecule has 0 unspecified atom stereocenters. The summed E-state index contributed by atoms with van der Waals surface area (Å²) >= 11 is 0. The molecule has 1 aromatic rings. The van der Waals surface area contributed by atoms with E-state index in [0.717, 1.165) is 18.2 Å². The highest BCUT2D eigenvalue weighted by molar-refractivity contribution is 5.59. The summed E-state index contributed by atoms with van der Waals surface area (Å²) in [5.41, 5.74) is 6.54. The minimum absolute atomic E-state index is 0.634. The highest BCUT2D eigenvalue weighted by Gasteiger charge is 2.17. The van der Waals surface area contributed by atoms with Gasteiger partial charge in [-0.25, -0.2) is 0 Å². The number of hydrogen-bond donors (Lipinski definition) is 3. The van der Waals surface area contributed by atoms with E-state index >= 15 is 0 Å². The molecule has 0 aliphatic heterocycles. The fourth-order valence-corrected chi connectivity index (χ4v) is 1.39. The lowest BCUT2D eigenvalue weighted by molar-refractivity contribution is 0.333. The second-order valence-corrected chi connectivity index (χ2v) is 3.38. The molecule has 0 atom stereocenters. The molecule has 0 spiro atoms. The van der Waals surface area contributed by atoms with Crippen LogP contribution in [0.3, 0.4) is 0 Å². The van der Waals surface area contributed by atoms with Crippen LogP contribution >= 0.6 is 0 Å². The Balaban J connectivity index is 1.82. The average molecular weight is 166 g/mol. The molecular formula is C8H14N4. The van der Waals surface area contributed by atoms with Crippen molar-refractivity contribution in [3.63, 3.8) is 0 Å². The number of nitrogen functional groups attached to an aromatic ring is 1. The van der Waals surface area contributed by atoms with Gasteiger partial charge in [0.25, 0.3) is 0 Å². The third-order valence-corrected chi connectivity index (χ3v) is 2.47. The smallest absolute Gasteiger partial charge is 0.142 e. The Kier molecular flexibility index (Phi) is 1.89. The van der Waals surface area contributed by atoms with Gasteiger partial charge in [-0.1, -0.05) is 6.42 Å². The molecule has 0 radical (unpaired) electrons. The van der Waals surface area contributed by atoms with Gasteiger partial charge in [0.1, 0.15) is 5.82 Å². The Hall–Kier alpha value is -1.19. The van der Waals surface area contributed by atoms with E-state index in [0.29, 0.717) is 5.82 Å². The fourth-order valence-electron chi connectivity index (χ4n) is 1.39. The van der Waals surface area contributed by atoms with E-state index < -0.39 is 0 Å². The quantitative estimate of drug-likeness (QED) is 0.632. The Morgan fingerprint density at radius 1 is 1.67 bits per heavy atom. The van der Waals surface area contributed by atoms with Crippen molar-refractivity contribution in [2.24, 2.45) is 5.92 Å². The minimum atomic E-state index is 0.634. The van der Waals surface area contributed by atoms with Gasteiger partial charge in [0, 0.05) is 6.54 Å². The topological polar surface area (TPSA) is 66.7 Å². The van der Waals surface area contributed by atoms with Crippen LogP contribution in [0, 0.1) is 5.92 Å². The molecule has 0 bridgehead atoms. The van der Waals surface area contributed by atoms with Crippen molar-refractivity contribution in [3.05, 3.63) is 6.20 Å². The van der Waals surface area contributed by atoms with Crippen LogP contribution in [0.2, 0.25) is 0 Å². The molecule has 2 rings (SSSR count). The molecule has 1 aliphatic carbocycles. The van der Waals surface area contributed by atoms with Crippen LogP contribution in [-0.4, -0.2) is 16.7 Å². The summed E-state index contributed by atoms with van der Waals surface area (Å²) in [5, 5.41) is 9.80. The summed E-state index contributed by atoms with van der Waals surface area (Å²) in [6.07, 6.45) is 5.82. The minimum Gasteiger partial charge on any atom is -0.382 e. The zero-order valence-corrected chi connectivity index (χ0v) is 7.01. The summed E-state index contributed by atoms with van der Waals surface area (Å²) in [5.74, 6) is 1.48. The van der Waals surface area contributed by atoms with Crippen molar-refractivity contribution < 1.29 is 0 Å². The van der Waals surface area contributed by atoms with Crippen LogP contribution < -0.4 is 11.1 Å². The first-order chi connectivity index (χ1) is 5.86. The molecule has 1 fully saturated rings. The number of nitrogens with one attached hydrogen (secondary N) is 2. The molecule has 4 nitrogen and oxygen atoms in total. The van der Waals surface area contributed by atoms with Gasteiger partial charge in [0.05, 0.1) is 11.9 Å². The predicted octanol–water partition coefficient (Wildman–Crippen LogP) is 1.20. The number of nitrogens with zero attached hydrogens (tertiary/aromatic N) is 1. The Bertz CT molecular complexity index is 251. The maximum Gasteiger partial charge on any atom is 0.142 e. The van der Waals surface area contributed by atoms with Crippen molar-refractivity contribution in [1.82, 2.24) is 10.2 Å². The molecule has 1 heterocycles. The van der Waals surface area contributed by atoms with Crippen LogP contribution in [0.5, 0.6) is 0 Å². The van der Waals surface area contributed by atoms with Crippen LogP contribution in [0.4, 0.5) is 11.5 Å². The van der Waals surface area contributed by atoms with Gasteiger partial charge in [0.2, 0.25) is 0 Å². The van der Waals surface area contributed by atoms with Crippen LogP contribution in [0.1, 0.15) is 19.3 Å². The highest BCUT2D eigenvalue weighted by atomic mass is 15.2. The normalized spacial score (nSPS) is 17.3. The summed E-state index contributed by atoms with van der Waals surface area (Å²) in [4.78, 5) is 0. The monoisotopic (exact) mass is 166 g/mol. The lowest BCUT2D eigenvalue weighted by Gasteiger charge is -2.25. The Labute approximate surface area is 71.5 Å². The summed E-state index contributed by atoms with van der Waals surface area (Å²) in [6.45, 7) is 1.03. The largest absolute Gasteiger partial charge is 0.382 e. The standard InChI is InChI=1S/C8H14N4/c9-8-7(5-11-12-8)10-4-6-2-1-3-6/h5-6,10H,1-4H2,(H3,9,11,12). The van der Waals surface area contributed by atoms with Crippen LogP contribution in [0.25, 0.3) is 0 Å². The molecule has 0 saturated heterocycles. The predicted molar refractivity (Wildman–Crippen MR) is 48.8 cm³/mol. The van der Waals surface area contributed by atoms with Crippen molar-refractivity contribution in [3.8, 4) is 0 Å². The Morgan fingerprint density at radius 2 is 2.50 bits per heavy atom. The number of aromatic nitrogens is 2. The van der Waals surface area contributed by atoms with Gasteiger partial charge >= 0.3 is 0 Å². The summed E-state index contributed by atoms with van der Waals surface area (Å²) in [6, 6.07) is 0. The summed E-state index contributed by atoms with van der Waals surface area (Å²) in [7, 11) is 0. The summed E-state index contributed by atoms with van der Waals surface area (Å²) < 4.78 is 0. The zero-order valence-electron chi connectivity index (χ0n) is 7.01. The first-order valence-electron chi connectivity index (χ1n) is 4.39. The van der Waals surface area contributed by atoms with Gasteiger partial charge < -0.3 is 11.1 Å². The van der Waals surface area contributed by atoms with E-state index in [9.17, 15) is 0 Å². The first-order valence-corrected chi connectivity index (χ1v) is 4.39. The third kappa shape index (κ3) is 1.37. The number of hydrogen-bond acceptors (Lipinski definition) is 3. The number of nitrogens with two attached hydrogens (primary N) is 1. The van der Waals surface area contributed by atoms with Crippen molar-refractivity contribution in [2.45, 2.75) is 19.3 Å². The molecule has 1 saturated carbocycles. The molecule has 4 N–H and O–H groups in total. The van der Waals surface area contributed by atoms with E-state index in [1.807, 2.05) is 0 Å². The molecular weight excluding hydrogens is 152 g/mol. The molecule has 1 aromatic heterocycles. The molecule has 66 valence electrons. The van der Waals surface area contributed by atoms with Crippen molar-refractivity contribution in [1.29, 1.82) is 0 Å². The number of rotatable bonds is 3. The van der Waals surface area contributed by atoms with E-state index in [1.54, 1.807) is 6.20 Å². The lowest BCUT2D eigenvalue weighted by Crippen LogP contribution is -2.21. The van der Waals surface area contributed by atoms with E-state index in [-0.39, 0.29) is 0 Å². The number of anilines is 2. The third-order valence-electron chi connectivity index (χ3n) is 2.47. The average Bonchev–Trinajstić information content (AvgIpc) is 2.33. The Morgan fingerprint density at radius 3 is 3.00 bits per heavy atom. The molecule has 4 heteroatoms. The van der Waals surface area contributed by atoms with Crippen LogP contribution in [-0.2, 0) is 0 Å². The SMILES string of the molecule is Nc1[nH]ncc1NCC1CCC1. The molecule has 1 aliphatic rings. The number of aromatic amines is 1. The maximum atomic E-state index is 5.61. The van der Waals surface area contributed by atoms with Gasteiger partial charge in [-0.05, 0) is 18.8 Å². The van der Waals surface area contributed by atoms with Gasteiger partial charge in [-0.15, -0.1) is 0 Å². The highest BCUT2D eigenvalue weighted by Crippen LogP contribution is 2.26. The van der Waals surface area contributed by atoms with Gasteiger partial charge in [-0.2, -0.15) is 5.10 Å². The lowest BCUT2D eigenvalue weighted by atomic mass is 9.85. The second-order valence-electron chi connectivity index (χ2n) is 3.38. The molecule has 12 heavy (non-hydrogen) atoms. The first kappa shape index (κ1) is 7.46. The zero-order chi connectivity index (χ0) is 8.39. The second kappa shape index (κ2) is 3.05. The van der Waals surface area contributed by atoms with Crippen LogP contribution in [0.15, 0.2) is 6.20 Å². The van der Waals surface area contributed by atoms with E-state index in [2.05, 4.69) is 15.5 Å². The maximum absolute atomic E-state index is 5.61. The van der Waals surface area contributed by atoms with E-state index in [1.165, 1.54) is 19.3 Å². The van der Waals surface area contributed by atoms with Crippen molar-refractivity contribution in [2.75, 3.05) is 17.6 Å². The fraction of sp³-hybridized carbons (Fsp3) is 0.625. The van der Waals surface area contributed by atoms with Gasteiger partial charge in [0.15, 0.2) is 0 Å².